The van der Waals surface area contributed by atoms with E-state index < -0.39 is 5.97 Å². The smallest absolute Gasteiger partial charge is 0.341 e. The van der Waals surface area contributed by atoms with Crippen molar-refractivity contribution >= 4 is 62.9 Å². The van der Waals surface area contributed by atoms with Gasteiger partial charge in [-0.1, -0.05) is 47.5 Å². The minimum atomic E-state index is -0.427. The van der Waals surface area contributed by atoms with E-state index in [4.69, 9.17) is 16.3 Å². The topological polar surface area (TPSA) is 47.8 Å². The zero-order valence-corrected chi connectivity index (χ0v) is 21.6. The van der Waals surface area contributed by atoms with Crippen LogP contribution in [0.2, 0.25) is 5.02 Å². The fourth-order valence-corrected chi connectivity index (χ4v) is 6.67. The Balaban J connectivity index is 1.71. The van der Waals surface area contributed by atoms with Crippen molar-refractivity contribution in [3.8, 4) is 0 Å². The lowest BCUT2D eigenvalue weighted by Gasteiger charge is -2.04. The molecule has 176 valence electrons. The molecule has 35 heavy (non-hydrogen) atoms. The second-order valence-electron chi connectivity index (χ2n) is 8.10. The van der Waals surface area contributed by atoms with Crippen LogP contribution in [-0.4, -0.2) is 22.8 Å². The molecule has 0 N–H and O–H groups in total. The minimum absolute atomic E-state index is 0.139. The predicted molar refractivity (Wildman–Crippen MR) is 144 cm³/mol. The molecule has 0 saturated carbocycles. The molecule has 5 aromatic rings. The number of nitrogens with zero attached hydrogens (tertiary/aromatic N) is 1. The number of aromatic nitrogens is 1. The van der Waals surface area contributed by atoms with E-state index >= 15 is 0 Å². The molecule has 3 aromatic heterocycles. The van der Waals surface area contributed by atoms with Gasteiger partial charge in [-0.05, 0) is 55.8 Å². The van der Waals surface area contributed by atoms with Gasteiger partial charge in [0.2, 0.25) is 5.78 Å². The van der Waals surface area contributed by atoms with Gasteiger partial charge in [-0.15, -0.1) is 23.1 Å². The number of pyridine rings is 1. The summed E-state index contributed by atoms with van der Waals surface area (Å²) < 4.78 is 8.40. The van der Waals surface area contributed by atoms with Crippen molar-refractivity contribution in [2.45, 2.75) is 23.8 Å². The first-order valence-electron chi connectivity index (χ1n) is 11.2. The number of carbonyl (C=O) groups excluding carboxylic acids is 2. The normalized spacial score (nSPS) is 11.3. The van der Waals surface area contributed by atoms with E-state index in [9.17, 15) is 9.59 Å². The first kappa shape index (κ1) is 23.7. The number of esters is 1. The number of aryl methyl sites for hydroxylation is 1. The Kier molecular flexibility index (Phi) is 6.69. The largest absolute Gasteiger partial charge is 0.462 e. The molecule has 0 aliphatic heterocycles. The number of ketones is 1. The second kappa shape index (κ2) is 9.90. The zero-order chi connectivity index (χ0) is 24.5. The summed E-state index contributed by atoms with van der Waals surface area (Å²) in [6, 6.07) is 21.0. The average molecular weight is 520 g/mol. The molecule has 2 aromatic carbocycles. The van der Waals surface area contributed by atoms with Crippen LogP contribution in [0.5, 0.6) is 0 Å². The monoisotopic (exact) mass is 519 g/mol. The third-order valence-corrected chi connectivity index (χ3v) is 8.50. The van der Waals surface area contributed by atoms with Crippen LogP contribution in [0.15, 0.2) is 77.1 Å². The number of hydrogen-bond acceptors (Lipinski definition) is 5. The fourth-order valence-electron chi connectivity index (χ4n) is 4.06. The maximum atomic E-state index is 13.7. The lowest BCUT2D eigenvalue weighted by Crippen LogP contribution is -2.06. The summed E-state index contributed by atoms with van der Waals surface area (Å²) in [5, 5.41) is 1.21. The second-order valence-corrected chi connectivity index (χ2v) is 10.8. The molecule has 0 spiro atoms. The molecule has 0 aliphatic rings. The third-order valence-electron chi connectivity index (χ3n) is 5.74. The van der Waals surface area contributed by atoms with Crippen molar-refractivity contribution in [1.82, 2.24) is 4.40 Å². The molecular weight excluding hydrogens is 498 g/mol. The molecule has 7 heteroatoms. The van der Waals surface area contributed by atoms with Gasteiger partial charge < -0.3 is 9.14 Å². The molecule has 5 rings (SSSR count). The number of carbonyl (C=O) groups is 2. The van der Waals surface area contributed by atoms with Crippen molar-refractivity contribution in [3.63, 3.8) is 0 Å². The van der Waals surface area contributed by atoms with Gasteiger partial charge in [0.15, 0.2) is 0 Å². The van der Waals surface area contributed by atoms with Crippen molar-refractivity contribution in [2.24, 2.45) is 0 Å². The maximum Gasteiger partial charge on any atom is 0.341 e. The number of fused-ring (bicyclic) bond motifs is 3. The van der Waals surface area contributed by atoms with Gasteiger partial charge in [-0.25, -0.2) is 4.79 Å². The van der Waals surface area contributed by atoms with Gasteiger partial charge in [0.25, 0.3) is 0 Å². The fraction of sp³-hybridized carbons (Fsp3) is 0.143. The van der Waals surface area contributed by atoms with E-state index in [2.05, 4.69) is 31.2 Å². The van der Waals surface area contributed by atoms with Crippen LogP contribution >= 0.6 is 34.7 Å². The van der Waals surface area contributed by atoms with E-state index in [0.29, 0.717) is 26.4 Å². The summed E-state index contributed by atoms with van der Waals surface area (Å²) in [7, 11) is 0. The molecule has 0 atom stereocenters. The molecule has 0 unspecified atom stereocenters. The number of hydrogen-bond donors (Lipinski definition) is 0. The number of halogens is 1. The average Bonchev–Trinajstić information content (AvgIpc) is 3.40. The Labute approximate surface area is 216 Å². The number of rotatable bonds is 7. The number of benzene rings is 2. The van der Waals surface area contributed by atoms with Crippen molar-refractivity contribution in [1.29, 1.82) is 0 Å². The molecule has 0 radical (unpaired) electrons. The van der Waals surface area contributed by atoms with Gasteiger partial charge in [0.1, 0.15) is 0 Å². The van der Waals surface area contributed by atoms with E-state index in [1.807, 2.05) is 28.8 Å². The van der Waals surface area contributed by atoms with E-state index in [1.165, 1.54) is 22.5 Å². The molecular formula is C28H22ClNO3S2. The molecule has 0 saturated heterocycles. The Hall–Kier alpha value is -3.06. The van der Waals surface area contributed by atoms with Crippen LogP contribution in [0.4, 0.5) is 0 Å². The maximum absolute atomic E-state index is 13.7. The van der Waals surface area contributed by atoms with Crippen LogP contribution in [0.25, 0.3) is 16.4 Å². The Morgan fingerprint density at radius 2 is 1.77 bits per heavy atom. The highest BCUT2D eigenvalue weighted by Gasteiger charge is 2.29. The van der Waals surface area contributed by atoms with Gasteiger partial charge in [-0.3, -0.25) is 4.79 Å². The van der Waals surface area contributed by atoms with Crippen LogP contribution in [0, 0.1) is 6.92 Å². The SMILES string of the molecule is CCOC(=O)c1c2c(C(=O)c3ccc(Cl)cc3)sc(SCc3ccc(C)cc3)c2n2ccccc12. The van der Waals surface area contributed by atoms with Gasteiger partial charge in [0.05, 0.1) is 32.3 Å². The van der Waals surface area contributed by atoms with Gasteiger partial charge in [0, 0.05) is 27.9 Å². The molecule has 4 nitrogen and oxygen atoms in total. The van der Waals surface area contributed by atoms with Crippen LogP contribution in [-0.2, 0) is 10.5 Å². The van der Waals surface area contributed by atoms with E-state index in [-0.39, 0.29) is 12.4 Å². The summed E-state index contributed by atoms with van der Waals surface area (Å²) in [6.45, 7) is 4.10. The number of thioether (sulfide) groups is 1. The summed E-state index contributed by atoms with van der Waals surface area (Å²) in [4.78, 5) is 27.4. The number of ether oxygens (including phenoxy) is 1. The molecule has 0 aliphatic carbocycles. The predicted octanol–water partition coefficient (Wildman–Crippen LogP) is 7.82. The molecule has 0 bridgehead atoms. The zero-order valence-electron chi connectivity index (χ0n) is 19.2. The first-order chi connectivity index (χ1) is 17.0. The standard InChI is InChI=1S/C28H22ClNO3S2/c1-3-33-27(32)22-21-6-4-5-15-30(21)24-23(22)26(25(31)19-11-13-20(29)14-12-19)35-28(24)34-16-18-9-7-17(2)8-10-18/h4-15H,3,16H2,1-2H3. The summed E-state index contributed by atoms with van der Waals surface area (Å²) in [5.74, 6) is 0.184. The Bertz CT molecular complexity index is 1550. The van der Waals surface area contributed by atoms with E-state index in [0.717, 1.165) is 21.0 Å². The highest BCUT2D eigenvalue weighted by atomic mass is 35.5. The van der Waals surface area contributed by atoms with Crippen molar-refractivity contribution in [2.75, 3.05) is 6.61 Å². The summed E-state index contributed by atoms with van der Waals surface area (Å²) in [5.41, 5.74) is 4.95. The highest BCUT2D eigenvalue weighted by molar-refractivity contribution is 8.00. The molecule has 0 fully saturated rings. The number of thiophene rings is 1. The minimum Gasteiger partial charge on any atom is -0.462 e. The van der Waals surface area contributed by atoms with Gasteiger partial charge >= 0.3 is 5.97 Å². The highest BCUT2D eigenvalue weighted by Crippen LogP contribution is 2.44. The van der Waals surface area contributed by atoms with Gasteiger partial charge in [-0.2, -0.15) is 0 Å². The lowest BCUT2D eigenvalue weighted by molar-refractivity contribution is 0.0531. The third kappa shape index (κ3) is 4.49. The quantitative estimate of drug-likeness (QED) is 0.125. The van der Waals surface area contributed by atoms with Crippen molar-refractivity contribution < 1.29 is 14.3 Å². The summed E-state index contributed by atoms with van der Waals surface area (Å²) in [6.07, 6.45) is 1.93. The van der Waals surface area contributed by atoms with E-state index in [1.54, 1.807) is 43.0 Å². The first-order valence-corrected chi connectivity index (χ1v) is 13.4. The Morgan fingerprint density at radius 3 is 2.49 bits per heavy atom. The molecule has 0 amide bonds. The van der Waals surface area contributed by atoms with Crippen LogP contribution < -0.4 is 0 Å². The Morgan fingerprint density at radius 1 is 1.03 bits per heavy atom. The molecule has 3 heterocycles. The van der Waals surface area contributed by atoms with Crippen molar-refractivity contribution in [3.05, 3.63) is 105 Å². The summed E-state index contributed by atoms with van der Waals surface area (Å²) >= 11 is 9.14. The van der Waals surface area contributed by atoms with Crippen LogP contribution in [0.1, 0.15) is 43.6 Å². The van der Waals surface area contributed by atoms with Crippen LogP contribution in [0.3, 0.4) is 0 Å². The lowest BCUT2D eigenvalue weighted by atomic mass is 10.1.